The smallest absolute Gasteiger partial charge is 0.230 e. The summed E-state index contributed by atoms with van der Waals surface area (Å²) >= 11 is 3.12. The van der Waals surface area contributed by atoms with Crippen LogP contribution in [0.5, 0.6) is 0 Å². The van der Waals surface area contributed by atoms with Crippen molar-refractivity contribution in [2.45, 2.75) is 24.5 Å². The Hall–Kier alpha value is -2.64. The second-order valence-corrected chi connectivity index (χ2v) is 7.69. The first-order valence-electron chi connectivity index (χ1n) is 8.33. The Labute approximate surface area is 166 Å². The number of thiazole rings is 1. The molecule has 1 heterocycles. The third-order valence-electron chi connectivity index (χ3n) is 3.62. The van der Waals surface area contributed by atoms with Gasteiger partial charge in [-0.3, -0.25) is 14.5 Å². The van der Waals surface area contributed by atoms with Crippen LogP contribution in [-0.4, -0.2) is 16.8 Å². The average molecular weight is 398 g/mol. The summed E-state index contributed by atoms with van der Waals surface area (Å²) in [5, 5.41) is 5.40. The van der Waals surface area contributed by atoms with Crippen LogP contribution in [0.3, 0.4) is 0 Å². The molecule has 0 aliphatic carbocycles. The predicted octanol–water partition coefficient (Wildman–Crippen LogP) is 5.08. The standard InChI is InChI=1S/C20H19N3O2S2/c1-14(24)21-16-8-10-19(11-9-16)26-12-17-13-27-20(22-17)23(15(2)25)18-6-4-3-5-7-18/h3-11,13H,12H2,1-2H3,(H,21,24). The third-order valence-corrected chi connectivity index (χ3v) is 5.54. The third kappa shape index (κ3) is 5.18. The zero-order valence-electron chi connectivity index (χ0n) is 15.0. The Bertz CT molecular complexity index is 924. The zero-order chi connectivity index (χ0) is 19.2. The van der Waals surface area contributed by atoms with Crippen molar-refractivity contribution < 1.29 is 9.59 Å². The van der Waals surface area contributed by atoms with Gasteiger partial charge in [0, 0.05) is 35.6 Å². The Morgan fingerprint density at radius 3 is 2.41 bits per heavy atom. The van der Waals surface area contributed by atoms with Crippen LogP contribution in [0.4, 0.5) is 16.5 Å². The topological polar surface area (TPSA) is 62.3 Å². The van der Waals surface area contributed by atoms with Crippen LogP contribution in [-0.2, 0) is 15.3 Å². The van der Waals surface area contributed by atoms with E-state index in [4.69, 9.17) is 0 Å². The summed E-state index contributed by atoms with van der Waals surface area (Å²) < 4.78 is 0. The van der Waals surface area contributed by atoms with Crippen molar-refractivity contribution >= 4 is 51.4 Å². The number of carbonyl (C=O) groups excluding carboxylic acids is 2. The van der Waals surface area contributed by atoms with Crippen LogP contribution in [0.25, 0.3) is 0 Å². The van der Waals surface area contributed by atoms with Crippen LogP contribution < -0.4 is 10.2 Å². The van der Waals surface area contributed by atoms with E-state index in [0.29, 0.717) is 10.9 Å². The molecule has 0 radical (unpaired) electrons. The number of carbonyl (C=O) groups is 2. The van der Waals surface area contributed by atoms with Gasteiger partial charge in [0.15, 0.2) is 5.13 Å². The van der Waals surface area contributed by atoms with E-state index in [1.807, 2.05) is 60.0 Å². The fourth-order valence-electron chi connectivity index (χ4n) is 2.46. The maximum absolute atomic E-state index is 12.1. The van der Waals surface area contributed by atoms with Crippen molar-refractivity contribution in [3.63, 3.8) is 0 Å². The number of anilines is 3. The van der Waals surface area contributed by atoms with E-state index in [1.54, 1.807) is 23.6 Å². The second kappa shape index (κ2) is 8.83. The van der Waals surface area contributed by atoms with Gasteiger partial charge in [0.1, 0.15) is 0 Å². The molecule has 2 amide bonds. The molecule has 2 aromatic carbocycles. The summed E-state index contributed by atoms with van der Waals surface area (Å²) in [5.41, 5.74) is 2.52. The Kier molecular flexibility index (Phi) is 6.26. The lowest BCUT2D eigenvalue weighted by molar-refractivity contribution is -0.116. The Morgan fingerprint density at radius 2 is 1.78 bits per heavy atom. The molecule has 0 bridgehead atoms. The molecule has 138 valence electrons. The first-order valence-corrected chi connectivity index (χ1v) is 10.2. The molecule has 7 heteroatoms. The van der Waals surface area contributed by atoms with Gasteiger partial charge >= 0.3 is 0 Å². The molecule has 0 aliphatic heterocycles. The van der Waals surface area contributed by atoms with Gasteiger partial charge in [-0.25, -0.2) is 4.98 Å². The van der Waals surface area contributed by atoms with E-state index < -0.39 is 0 Å². The minimum atomic E-state index is -0.0844. The number of rotatable bonds is 6. The van der Waals surface area contributed by atoms with Gasteiger partial charge in [0.05, 0.1) is 11.4 Å². The molecule has 0 aliphatic rings. The minimum Gasteiger partial charge on any atom is -0.326 e. The number of amides is 2. The molecule has 5 nitrogen and oxygen atoms in total. The Balaban J connectivity index is 1.67. The maximum atomic E-state index is 12.1. The summed E-state index contributed by atoms with van der Waals surface area (Å²) in [6, 6.07) is 17.2. The number of thioether (sulfide) groups is 1. The summed E-state index contributed by atoms with van der Waals surface area (Å²) in [4.78, 5) is 30.5. The van der Waals surface area contributed by atoms with E-state index in [0.717, 1.165) is 22.0 Å². The van der Waals surface area contributed by atoms with Gasteiger partial charge < -0.3 is 5.32 Å². The fourth-order valence-corrected chi connectivity index (χ4v) is 4.25. The molecule has 0 fully saturated rings. The van der Waals surface area contributed by atoms with Crippen LogP contribution in [0.1, 0.15) is 19.5 Å². The molecular formula is C20H19N3O2S2. The minimum absolute atomic E-state index is 0.0664. The van der Waals surface area contributed by atoms with Gasteiger partial charge in [0.25, 0.3) is 0 Å². The normalized spacial score (nSPS) is 10.4. The summed E-state index contributed by atoms with van der Waals surface area (Å²) in [5.74, 6) is 0.554. The molecule has 27 heavy (non-hydrogen) atoms. The van der Waals surface area contributed by atoms with E-state index in [-0.39, 0.29) is 11.8 Å². The number of nitrogens with zero attached hydrogens (tertiary/aromatic N) is 2. The van der Waals surface area contributed by atoms with E-state index >= 15 is 0 Å². The van der Waals surface area contributed by atoms with Gasteiger partial charge in [-0.05, 0) is 36.4 Å². The SMILES string of the molecule is CC(=O)Nc1ccc(SCc2csc(N(C(C)=O)c3ccccc3)n2)cc1. The lowest BCUT2D eigenvalue weighted by Gasteiger charge is -2.17. The number of hydrogen-bond donors (Lipinski definition) is 1. The molecule has 3 rings (SSSR count). The monoisotopic (exact) mass is 397 g/mol. The van der Waals surface area contributed by atoms with Crippen molar-refractivity contribution in [1.82, 2.24) is 4.98 Å². The van der Waals surface area contributed by atoms with E-state index in [9.17, 15) is 9.59 Å². The summed E-state index contributed by atoms with van der Waals surface area (Å²) in [7, 11) is 0. The molecule has 1 aromatic heterocycles. The second-order valence-electron chi connectivity index (χ2n) is 5.81. The van der Waals surface area contributed by atoms with Crippen LogP contribution in [0.2, 0.25) is 0 Å². The van der Waals surface area contributed by atoms with Gasteiger partial charge in [-0.1, -0.05) is 18.2 Å². The quantitative estimate of drug-likeness (QED) is 0.589. The lowest BCUT2D eigenvalue weighted by atomic mass is 10.3. The Morgan fingerprint density at radius 1 is 1.07 bits per heavy atom. The summed E-state index contributed by atoms with van der Waals surface area (Å²) in [6.07, 6.45) is 0. The van der Waals surface area contributed by atoms with Gasteiger partial charge in [0.2, 0.25) is 11.8 Å². The highest BCUT2D eigenvalue weighted by Crippen LogP contribution is 2.31. The first kappa shape index (κ1) is 19.1. The maximum Gasteiger partial charge on any atom is 0.230 e. The number of hydrogen-bond acceptors (Lipinski definition) is 5. The van der Waals surface area contributed by atoms with Crippen molar-refractivity contribution in [1.29, 1.82) is 0 Å². The van der Waals surface area contributed by atoms with Gasteiger partial charge in [-0.15, -0.1) is 23.1 Å². The van der Waals surface area contributed by atoms with Gasteiger partial charge in [-0.2, -0.15) is 0 Å². The van der Waals surface area contributed by atoms with Crippen molar-refractivity contribution in [2.24, 2.45) is 0 Å². The fraction of sp³-hybridized carbons (Fsp3) is 0.150. The molecule has 0 saturated heterocycles. The van der Waals surface area contributed by atoms with E-state index in [1.165, 1.54) is 18.3 Å². The molecule has 0 atom stereocenters. The largest absolute Gasteiger partial charge is 0.326 e. The van der Waals surface area contributed by atoms with Crippen LogP contribution >= 0.6 is 23.1 Å². The highest BCUT2D eigenvalue weighted by molar-refractivity contribution is 7.98. The van der Waals surface area contributed by atoms with E-state index in [2.05, 4.69) is 10.3 Å². The van der Waals surface area contributed by atoms with Crippen molar-refractivity contribution in [3.8, 4) is 0 Å². The average Bonchev–Trinajstić information content (AvgIpc) is 3.10. The lowest BCUT2D eigenvalue weighted by Crippen LogP contribution is -2.22. The molecule has 1 N–H and O–H groups in total. The highest BCUT2D eigenvalue weighted by atomic mass is 32.2. The molecule has 0 saturated carbocycles. The summed E-state index contributed by atoms with van der Waals surface area (Å²) in [6.45, 7) is 3.03. The van der Waals surface area contributed by atoms with Crippen LogP contribution in [0, 0.1) is 0 Å². The van der Waals surface area contributed by atoms with Crippen molar-refractivity contribution in [3.05, 3.63) is 65.7 Å². The molecular weight excluding hydrogens is 378 g/mol. The molecule has 3 aromatic rings. The van der Waals surface area contributed by atoms with Crippen LogP contribution in [0.15, 0.2) is 64.9 Å². The number of nitrogens with one attached hydrogen (secondary N) is 1. The number of benzene rings is 2. The highest BCUT2D eigenvalue weighted by Gasteiger charge is 2.17. The predicted molar refractivity (Wildman–Crippen MR) is 112 cm³/mol. The van der Waals surface area contributed by atoms with Crippen molar-refractivity contribution in [2.75, 3.05) is 10.2 Å². The first-order chi connectivity index (χ1) is 13.0. The molecule has 0 unspecified atom stereocenters. The zero-order valence-corrected chi connectivity index (χ0v) is 16.6. The number of para-hydroxylation sites is 1. The molecule has 0 spiro atoms. The number of aromatic nitrogens is 1.